The van der Waals surface area contributed by atoms with E-state index in [2.05, 4.69) is 39.9 Å². The van der Waals surface area contributed by atoms with Crippen LogP contribution in [0.1, 0.15) is 175 Å². The Kier molecular flexibility index (Phi) is 43.9. The maximum atomic E-state index is 15.0. The van der Waals surface area contributed by atoms with Crippen molar-refractivity contribution >= 4 is 93.9 Å². The molecule has 0 amide bonds. The van der Waals surface area contributed by atoms with Gasteiger partial charge >= 0.3 is 0 Å². The molecular formula is C60H114N24O8. The molecule has 0 fully saturated rings. The lowest BCUT2D eigenvalue weighted by Gasteiger charge is -2.25. The van der Waals surface area contributed by atoms with Gasteiger partial charge < -0.3 is 91.7 Å². The summed E-state index contributed by atoms with van der Waals surface area (Å²) in [6.07, 6.45) is 2.85. The second-order valence-electron chi connectivity index (χ2n) is 23.8. The first-order valence-corrected chi connectivity index (χ1v) is 32.0. The predicted octanol–water partition coefficient (Wildman–Crippen LogP) is -1.31. The summed E-state index contributed by atoms with van der Waals surface area (Å²) in [4.78, 5) is 149. The Labute approximate surface area is 542 Å². The molecule has 0 aromatic carbocycles. The third kappa shape index (κ3) is 41.0. The van der Waals surface area contributed by atoms with E-state index in [1.54, 1.807) is 13.8 Å². The van der Waals surface area contributed by atoms with Gasteiger partial charge in [-0.1, -0.05) is 20.8 Å². The highest BCUT2D eigenvalue weighted by atomic mass is 16.2. The normalized spacial score (nSPS) is 13.6. The number of aliphatic imine (C=N–C) groups is 8. The maximum Gasteiger partial charge on any atom is 0.185 e. The van der Waals surface area contributed by atoms with Gasteiger partial charge in [-0.2, -0.15) is 0 Å². The minimum Gasteiger partial charge on any atom is -0.370 e. The zero-order valence-electron chi connectivity index (χ0n) is 54.9. The molecule has 0 aliphatic carbocycles. The summed E-state index contributed by atoms with van der Waals surface area (Å²) in [6.45, 7) is 6.68. The van der Waals surface area contributed by atoms with Gasteiger partial charge in [0.2, 0.25) is 0 Å². The SMILES string of the molecule is CCC(CCCN=C(N)N)C(=O)CC(CCCN=C(N)N)C(=O)CC(CCCN=C(N)N)C(=O)CC(CCCN=C(N)N)C(=O)CC(CCCN=C(N)N)C(=O)CC(CCCN=C(N)N)C(=O)CC(CCCN=C(N)N)C(=O)CC(CCCN=C(N)N)C(=O)C(C)C. The van der Waals surface area contributed by atoms with Crippen molar-refractivity contribution in [3.8, 4) is 0 Å². The largest absolute Gasteiger partial charge is 0.370 e. The zero-order chi connectivity index (χ0) is 69.7. The molecule has 8 atom stereocenters. The monoisotopic (exact) mass is 1300 g/mol. The molecule has 0 saturated carbocycles. The van der Waals surface area contributed by atoms with Gasteiger partial charge in [0.1, 0.15) is 46.3 Å². The molecule has 0 saturated heterocycles. The highest BCUT2D eigenvalue weighted by Gasteiger charge is 2.36. The van der Waals surface area contributed by atoms with Crippen molar-refractivity contribution in [2.75, 3.05) is 52.4 Å². The number of carbonyl (C=O) groups is 8. The Hall–Kier alpha value is -8.48. The topological polar surface area (TPSA) is 652 Å². The van der Waals surface area contributed by atoms with E-state index in [9.17, 15) is 38.4 Å². The number of rotatable bonds is 56. The van der Waals surface area contributed by atoms with E-state index in [0.717, 1.165) is 0 Å². The van der Waals surface area contributed by atoms with Gasteiger partial charge in [0.05, 0.1) is 0 Å². The molecule has 0 aromatic heterocycles. The second kappa shape index (κ2) is 48.3. The van der Waals surface area contributed by atoms with Crippen LogP contribution >= 0.6 is 0 Å². The van der Waals surface area contributed by atoms with Crippen LogP contribution in [-0.4, -0.2) is 146 Å². The lowest BCUT2D eigenvalue weighted by atomic mass is 9.77. The summed E-state index contributed by atoms with van der Waals surface area (Å²) in [5.74, 6) is -11.1. The third-order valence-electron chi connectivity index (χ3n) is 15.8. The summed E-state index contributed by atoms with van der Waals surface area (Å²) in [5.41, 5.74) is 89.6. The van der Waals surface area contributed by atoms with Crippen molar-refractivity contribution in [3.63, 3.8) is 0 Å². The average Bonchev–Trinajstić information content (AvgIpc) is 1.49. The molecule has 32 N–H and O–H groups in total. The van der Waals surface area contributed by atoms with Gasteiger partial charge in [-0.15, -0.1) is 0 Å². The van der Waals surface area contributed by atoms with Gasteiger partial charge in [0.15, 0.2) is 47.7 Å². The second-order valence-corrected chi connectivity index (χ2v) is 23.8. The van der Waals surface area contributed by atoms with E-state index in [1.807, 2.05) is 6.92 Å². The van der Waals surface area contributed by atoms with E-state index in [4.69, 9.17) is 91.7 Å². The zero-order valence-corrected chi connectivity index (χ0v) is 54.9. The van der Waals surface area contributed by atoms with Crippen LogP contribution in [0.4, 0.5) is 0 Å². The summed E-state index contributed by atoms with van der Waals surface area (Å²) >= 11 is 0. The van der Waals surface area contributed by atoms with Crippen molar-refractivity contribution in [1.29, 1.82) is 0 Å². The lowest BCUT2D eigenvalue weighted by Crippen LogP contribution is -2.32. The van der Waals surface area contributed by atoms with Crippen LogP contribution in [0.15, 0.2) is 39.9 Å². The Bertz CT molecular complexity index is 2530. The molecule has 0 bridgehead atoms. The summed E-state index contributed by atoms with van der Waals surface area (Å²) in [6, 6.07) is 0. The Balaban J connectivity index is 7.61. The molecule has 522 valence electrons. The average molecular weight is 1300 g/mol. The van der Waals surface area contributed by atoms with E-state index >= 15 is 0 Å². The van der Waals surface area contributed by atoms with Gasteiger partial charge in [-0.3, -0.25) is 78.3 Å². The first-order chi connectivity index (χ1) is 43.4. The fraction of sp³-hybridized carbons (Fsp3) is 0.733. The molecule has 0 rings (SSSR count). The number of nitrogens with two attached hydrogens (primary N) is 16. The molecule has 0 aliphatic heterocycles. The molecule has 0 aliphatic rings. The van der Waals surface area contributed by atoms with Crippen molar-refractivity contribution < 1.29 is 38.4 Å². The number of guanidine groups is 8. The summed E-state index contributed by atoms with van der Waals surface area (Å²) in [7, 11) is 0. The number of hydrogen-bond acceptors (Lipinski definition) is 16. The maximum absolute atomic E-state index is 15.0. The molecule has 32 nitrogen and oxygen atoms in total. The molecule has 8 unspecified atom stereocenters. The molecule has 0 heterocycles. The quantitative estimate of drug-likeness (QED) is 0.0191. The Morgan fingerprint density at radius 3 is 0.533 bits per heavy atom. The van der Waals surface area contributed by atoms with Crippen molar-refractivity contribution in [2.24, 2.45) is 185 Å². The highest BCUT2D eigenvalue weighted by molar-refractivity contribution is 5.97. The van der Waals surface area contributed by atoms with Gasteiger partial charge in [0, 0.05) is 151 Å². The first kappa shape index (κ1) is 83.5. The molecule has 32 heteroatoms. The summed E-state index contributed by atoms with van der Waals surface area (Å²) < 4.78 is 0. The van der Waals surface area contributed by atoms with Gasteiger partial charge in [-0.05, 0) is 109 Å². The fourth-order valence-corrected chi connectivity index (χ4v) is 10.9. The summed E-state index contributed by atoms with van der Waals surface area (Å²) in [5, 5.41) is 0. The van der Waals surface area contributed by atoms with Crippen molar-refractivity contribution in [2.45, 2.75) is 175 Å². The fourth-order valence-electron chi connectivity index (χ4n) is 10.9. The number of carbonyl (C=O) groups excluding carboxylic acids is 8. The number of nitrogens with zero attached hydrogens (tertiary/aromatic N) is 8. The Morgan fingerprint density at radius 1 is 0.239 bits per heavy atom. The van der Waals surface area contributed by atoms with Crippen molar-refractivity contribution in [1.82, 2.24) is 0 Å². The standard InChI is InChI=1S/C60H114N24O8/c1-4-37(13-5-21-77-53(61)62)45(85)29-38(14-6-22-78-54(63)64)46(86)30-39(15-7-23-79-55(65)66)47(87)31-40(16-8-24-80-56(67)68)48(88)32-41(17-9-25-81-57(69)70)49(89)33-42(18-10-26-82-58(71)72)50(90)34-43(19-11-27-83-59(73)74)51(91)35-44(52(92)36(2)3)20-12-28-84-60(75)76/h36-44H,4-35H2,1-3H3,(H4,61,62,77)(H4,63,64,78)(H4,65,66,79)(H4,67,68,80)(H4,69,70,81)(H4,71,72,82)(H4,73,74,83)(H4,75,76,84). The predicted molar refractivity (Wildman–Crippen MR) is 365 cm³/mol. The number of hydrogen-bond donors (Lipinski definition) is 16. The highest BCUT2D eigenvalue weighted by Crippen LogP contribution is 2.32. The van der Waals surface area contributed by atoms with Crippen LogP contribution in [0.5, 0.6) is 0 Å². The molecule has 92 heavy (non-hydrogen) atoms. The molecule has 0 radical (unpaired) electrons. The number of Topliss-reactive ketones (excluding diaryl/α,β-unsaturated/α-hetero) is 8. The van der Waals surface area contributed by atoms with Crippen LogP contribution in [-0.2, 0) is 38.4 Å². The first-order valence-electron chi connectivity index (χ1n) is 32.0. The smallest absolute Gasteiger partial charge is 0.185 e. The van der Waals surface area contributed by atoms with Crippen LogP contribution < -0.4 is 91.7 Å². The lowest BCUT2D eigenvalue weighted by molar-refractivity contribution is -0.136. The van der Waals surface area contributed by atoms with Gasteiger partial charge in [-0.25, -0.2) is 0 Å². The van der Waals surface area contributed by atoms with Crippen LogP contribution in [0, 0.1) is 53.3 Å². The number of ketones is 8. The minimum atomic E-state index is -1.02. The molecule has 0 aromatic rings. The molecule has 0 spiro atoms. The Morgan fingerprint density at radius 2 is 0.380 bits per heavy atom. The third-order valence-corrected chi connectivity index (χ3v) is 15.8. The van der Waals surface area contributed by atoms with Crippen LogP contribution in [0.3, 0.4) is 0 Å². The van der Waals surface area contributed by atoms with E-state index < -0.39 is 76.4 Å². The van der Waals surface area contributed by atoms with Crippen LogP contribution in [0.25, 0.3) is 0 Å². The van der Waals surface area contributed by atoms with Gasteiger partial charge in [0.25, 0.3) is 0 Å². The van der Waals surface area contributed by atoms with E-state index in [-0.39, 0.29) is 226 Å². The minimum absolute atomic E-state index is 0.0666. The van der Waals surface area contributed by atoms with E-state index in [1.165, 1.54) is 0 Å². The van der Waals surface area contributed by atoms with Crippen molar-refractivity contribution in [3.05, 3.63) is 0 Å². The van der Waals surface area contributed by atoms with Crippen LogP contribution in [0.2, 0.25) is 0 Å². The molecular weight excluding hydrogens is 1180 g/mol. The van der Waals surface area contributed by atoms with E-state index in [0.29, 0.717) is 51.5 Å².